The first-order valence-electron chi connectivity index (χ1n) is 7.29. The number of rotatable bonds is 4. The van der Waals surface area contributed by atoms with E-state index in [1.54, 1.807) is 0 Å². The van der Waals surface area contributed by atoms with Crippen LogP contribution in [0.1, 0.15) is 16.7 Å². The molecule has 4 heteroatoms. The van der Waals surface area contributed by atoms with E-state index >= 15 is 0 Å². The summed E-state index contributed by atoms with van der Waals surface area (Å²) in [6.07, 6.45) is 0. The molecule has 0 atom stereocenters. The number of hydrogen-bond acceptors (Lipinski definition) is 4. The van der Waals surface area contributed by atoms with Gasteiger partial charge in [0.15, 0.2) is 0 Å². The molecule has 0 radical (unpaired) electrons. The van der Waals surface area contributed by atoms with Gasteiger partial charge in [-0.25, -0.2) is 0 Å². The molecule has 0 aromatic heterocycles. The summed E-state index contributed by atoms with van der Waals surface area (Å²) in [4.78, 5) is 0. The average molecular weight is 307 g/mol. The van der Waals surface area contributed by atoms with Crippen molar-refractivity contribution in [2.24, 2.45) is 11.7 Å². The van der Waals surface area contributed by atoms with E-state index in [2.05, 4.69) is 17.2 Å². The van der Waals surface area contributed by atoms with Crippen LogP contribution in [-0.2, 0) is 5.54 Å². The van der Waals surface area contributed by atoms with Crippen molar-refractivity contribution >= 4 is 0 Å². The molecule has 0 saturated carbocycles. The number of hydrogen-bond donors (Lipinski definition) is 4. The number of nitrogens with two attached hydrogens (primary N) is 2. The third-order valence-corrected chi connectivity index (χ3v) is 3.79. The molecule has 0 aliphatic carbocycles. The number of hydroxylamine groups is 1. The fourth-order valence-corrected chi connectivity index (χ4v) is 2.76. The highest BCUT2D eigenvalue weighted by atomic mass is 16.5. The summed E-state index contributed by atoms with van der Waals surface area (Å²) in [6, 6.07) is 29.9. The van der Waals surface area contributed by atoms with Crippen LogP contribution in [0.15, 0.2) is 91.0 Å². The number of hydrazine groups is 1. The van der Waals surface area contributed by atoms with E-state index in [0.29, 0.717) is 0 Å². The van der Waals surface area contributed by atoms with Crippen LogP contribution in [0.5, 0.6) is 0 Å². The zero-order valence-corrected chi connectivity index (χ0v) is 12.8. The molecule has 0 fully saturated rings. The van der Waals surface area contributed by atoms with Gasteiger partial charge in [-0.05, 0) is 16.7 Å². The normalized spacial score (nSPS) is 10.6. The van der Waals surface area contributed by atoms with Gasteiger partial charge in [0.2, 0.25) is 0 Å². The zero-order valence-electron chi connectivity index (χ0n) is 12.8. The zero-order chi connectivity index (χ0) is 16.5. The lowest BCUT2D eigenvalue weighted by atomic mass is 9.78. The molecule has 0 unspecified atom stereocenters. The second-order valence-corrected chi connectivity index (χ2v) is 4.96. The van der Waals surface area contributed by atoms with Gasteiger partial charge in [0.1, 0.15) is 5.54 Å². The summed E-state index contributed by atoms with van der Waals surface area (Å²) in [7, 11) is 0. The molecule has 6 N–H and O–H groups in total. The average Bonchev–Trinajstić information content (AvgIpc) is 2.67. The van der Waals surface area contributed by atoms with Crippen LogP contribution in [0.25, 0.3) is 0 Å². The smallest absolute Gasteiger partial charge is 0.118 e. The molecule has 118 valence electrons. The summed E-state index contributed by atoms with van der Waals surface area (Å²) in [6.45, 7) is 0. The number of nitrogens with one attached hydrogen (secondary N) is 1. The molecule has 3 rings (SSSR count). The maximum Gasteiger partial charge on any atom is 0.118 e. The lowest BCUT2D eigenvalue weighted by Crippen LogP contribution is -2.42. The van der Waals surface area contributed by atoms with Crippen molar-refractivity contribution in [1.29, 1.82) is 0 Å². The largest absolute Gasteiger partial charge is 0.315 e. The van der Waals surface area contributed by atoms with Gasteiger partial charge in [-0.3, -0.25) is 11.7 Å². The van der Waals surface area contributed by atoms with Crippen molar-refractivity contribution in [3.05, 3.63) is 108 Å². The van der Waals surface area contributed by atoms with E-state index in [1.165, 1.54) is 0 Å². The molecule has 3 aromatic rings. The van der Waals surface area contributed by atoms with Crippen LogP contribution in [-0.4, -0.2) is 5.21 Å². The molecule has 0 aliphatic rings. The summed E-state index contributed by atoms with van der Waals surface area (Å²) >= 11 is 0. The Kier molecular flexibility index (Phi) is 6.02. The Hall–Kier alpha value is -2.50. The molecular formula is C19H21N3O. The van der Waals surface area contributed by atoms with E-state index in [9.17, 15) is 5.21 Å². The van der Waals surface area contributed by atoms with E-state index in [1.807, 2.05) is 91.0 Å². The maximum atomic E-state index is 10.1. The molecule has 0 heterocycles. The molecule has 0 saturated heterocycles. The van der Waals surface area contributed by atoms with Crippen molar-refractivity contribution < 1.29 is 5.21 Å². The second kappa shape index (κ2) is 8.22. The lowest BCUT2D eigenvalue weighted by molar-refractivity contribution is 0.103. The Balaban J connectivity index is 0.000000924. The predicted octanol–water partition coefficient (Wildman–Crippen LogP) is 2.78. The third kappa shape index (κ3) is 3.31. The minimum absolute atomic E-state index is 0.774. The van der Waals surface area contributed by atoms with Crippen LogP contribution in [0.4, 0.5) is 0 Å². The summed E-state index contributed by atoms with van der Waals surface area (Å²) < 4.78 is 0. The minimum Gasteiger partial charge on any atom is -0.315 e. The highest BCUT2D eigenvalue weighted by molar-refractivity contribution is 5.48. The highest BCUT2D eigenvalue weighted by Crippen LogP contribution is 2.35. The Morgan fingerprint density at radius 2 is 0.826 bits per heavy atom. The summed E-state index contributed by atoms with van der Waals surface area (Å²) in [5, 5.41) is 10.1. The lowest BCUT2D eigenvalue weighted by Gasteiger charge is -2.34. The molecule has 0 aliphatic heterocycles. The van der Waals surface area contributed by atoms with Gasteiger partial charge in [-0.15, -0.1) is 0 Å². The van der Waals surface area contributed by atoms with Crippen LogP contribution in [0.2, 0.25) is 0 Å². The minimum atomic E-state index is -0.774. The molecule has 0 spiro atoms. The summed E-state index contributed by atoms with van der Waals surface area (Å²) in [5.41, 5.74) is 4.76. The van der Waals surface area contributed by atoms with E-state index < -0.39 is 5.54 Å². The molecule has 0 bridgehead atoms. The maximum absolute atomic E-state index is 10.1. The molecule has 0 amide bonds. The first-order valence-corrected chi connectivity index (χ1v) is 7.29. The Bertz CT molecular complexity index is 591. The SMILES string of the molecule is NN.ONC(c1ccccc1)(c1ccccc1)c1ccccc1. The molecular weight excluding hydrogens is 286 g/mol. The van der Waals surface area contributed by atoms with Crippen molar-refractivity contribution in [3.63, 3.8) is 0 Å². The van der Waals surface area contributed by atoms with Crippen LogP contribution in [0, 0.1) is 0 Å². The first-order chi connectivity index (χ1) is 11.4. The van der Waals surface area contributed by atoms with E-state index in [4.69, 9.17) is 0 Å². The fraction of sp³-hybridized carbons (Fsp3) is 0.0526. The van der Waals surface area contributed by atoms with Gasteiger partial charge >= 0.3 is 0 Å². The second-order valence-electron chi connectivity index (χ2n) is 4.96. The first kappa shape index (κ1) is 16.9. The molecule has 3 aromatic carbocycles. The van der Waals surface area contributed by atoms with Crippen LogP contribution < -0.4 is 17.2 Å². The van der Waals surface area contributed by atoms with Crippen LogP contribution in [0.3, 0.4) is 0 Å². The molecule has 23 heavy (non-hydrogen) atoms. The Morgan fingerprint density at radius 1 is 0.565 bits per heavy atom. The standard InChI is InChI=1S/C19H17NO.H4N2/c21-20-19(16-10-4-1-5-11-16,17-12-6-2-7-13-17)18-14-8-3-9-15-18;1-2/h1-15,20-21H;1-2H2. The van der Waals surface area contributed by atoms with Crippen molar-refractivity contribution in [1.82, 2.24) is 5.48 Å². The quantitative estimate of drug-likeness (QED) is 0.339. The number of benzene rings is 3. The van der Waals surface area contributed by atoms with Gasteiger partial charge in [-0.1, -0.05) is 91.0 Å². The van der Waals surface area contributed by atoms with Crippen LogP contribution >= 0.6 is 0 Å². The Morgan fingerprint density at radius 3 is 1.04 bits per heavy atom. The van der Waals surface area contributed by atoms with Crippen molar-refractivity contribution in [2.75, 3.05) is 0 Å². The van der Waals surface area contributed by atoms with E-state index in [-0.39, 0.29) is 0 Å². The van der Waals surface area contributed by atoms with Gasteiger partial charge in [-0.2, -0.15) is 5.48 Å². The topological polar surface area (TPSA) is 84.3 Å². The third-order valence-electron chi connectivity index (χ3n) is 3.79. The van der Waals surface area contributed by atoms with Gasteiger partial charge in [0, 0.05) is 0 Å². The van der Waals surface area contributed by atoms with Gasteiger partial charge < -0.3 is 5.21 Å². The monoisotopic (exact) mass is 307 g/mol. The van der Waals surface area contributed by atoms with Gasteiger partial charge in [0.05, 0.1) is 0 Å². The fourth-order valence-electron chi connectivity index (χ4n) is 2.76. The molecule has 4 nitrogen and oxygen atoms in total. The predicted molar refractivity (Wildman–Crippen MR) is 92.5 cm³/mol. The van der Waals surface area contributed by atoms with Crippen molar-refractivity contribution in [2.45, 2.75) is 5.54 Å². The summed E-state index contributed by atoms with van der Waals surface area (Å²) in [5.74, 6) is 8.00. The van der Waals surface area contributed by atoms with Crippen molar-refractivity contribution in [3.8, 4) is 0 Å². The highest BCUT2D eigenvalue weighted by Gasteiger charge is 2.35. The Labute approximate surface area is 136 Å². The van der Waals surface area contributed by atoms with E-state index in [0.717, 1.165) is 16.7 Å². The van der Waals surface area contributed by atoms with Gasteiger partial charge in [0.25, 0.3) is 0 Å².